The van der Waals surface area contributed by atoms with Gasteiger partial charge in [-0.2, -0.15) is 0 Å². The van der Waals surface area contributed by atoms with E-state index in [1.807, 2.05) is 220 Å². The van der Waals surface area contributed by atoms with E-state index >= 15 is 0 Å². The minimum atomic E-state index is -0.125. The number of carbonyl (C=O) groups excluding carboxylic acids is 7. The zero-order valence-corrected chi connectivity index (χ0v) is 73.2. The number of pyridine rings is 4. The Hall–Kier alpha value is -10.7. The number of aromatic nitrogens is 4. The number of allylic oxidation sites excluding steroid dienone is 6. The molecule has 113 heavy (non-hydrogen) atoms. The van der Waals surface area contributed by atoms with E-state index in [1.54, 1.807) is 87.2 Å². The van der Waals surface area contributed by atoms with Gasteiger partial charge >= 0.3 is 0 Å². The van der Waals surface area contributed by atoms with Crippen molar-refractivity contribution in [2.45, 2.75) is 87.5 Å². The van der Waals surface area contributed by atoms with Crippen LogP contribution < -0.4 is 0 Å². The van der Waals surface area contributed by atoms with Crippen molar-refractivity contribution >= 4 is 40.5 Å². The van der Waals surface area contributed by atoms with Crippen molar-refractivity contribution in [2.24, 2.45) is 5.92 Å². The number of aliphatic hydroxyl groups is 3. The van der Waals surface area contributed by atoms with Gasteiger partial charge in [0.2, 0.25) is 0 Å². The van der Waals surface area contributed by atoms with Crippen LogP contribution in [0.5, 0.6) is 0 Å². The molecule has 8 aromatic carbocycles. The number of aryl methyl sites for hydroxylation is 2. The van der Waals surface area contributed by atoms with E-state index in [1.165, 1.54) is 59.1 Å². The molecule has 4 radical (unpaired) electrons. The zero-order valence-electron chi connectivity index (χ0n) is 63.6. The molecule has 3 N–H and O–H groups in total. The topological polar surface area (TPSA) is 232 Å². The molecule has 0 amide bonds. The SMILES string of the molecule is CC(=O)C(=C(C)O)C1CCCCC1.CC(=O)C=C(C)O.CC(=O)C=C(C)O.Cc1cccc(C(=O)c2cc[c-]c(-c3ccccn3)c2)c1.Cc1ccnc(-c2[c-]ccc(C(=O)c3ccccc3)c2)c1.O=C(c1ccccc1)c1cc[c-]c(-c2ccccn2)c1.O=C(c1ccccc1)c1cc[c-]c(-c2ccccn2)c1.[Ir].[Ir].[Ir].[Ir]. The number of hydrogen-bond donors (Lipinski definition) is 3. The molecule has 0 atom stereocenters. The molecular weight excluding hydrogens is 2130 g/mol. The number of benzene rings is 8. The van der Waals surface area contributed by atoms with Crippen molar-refractivity contribution < 1.29 is 129 Å². The van der Waals surface area contributed by atoms with Gasteiger partial charge in [0.15, 0.2) is 40.5 Å². The van der Waals surface area contributed by atoms with Gasteiger partial charge in [-0.15, -0.1) is 119 Å². The summed E-state index contributed by atoms with van der Waals surface area (Å²) < 4.78 is 0. The van der Waals surface area contributed by atoms with Crippen LogP contribution in [0.15, 0.2) is 315 Å². The van der Waals surface area contributed by atoms with Crippen LogP contribution in [0.1, 0.15) is 148 Å². The van der Waals surface area contributed by atoms with Crippen LogP contribution in [0.3, 0.4) is 0 Å². The third kappa shape index (κ3) is 33.2. The summed E-state index contributed by atoms with van der Waals surface area (Å²) in [5.74, 6) is 0.500. The van der Waals surface area contributed by atoms with Crippen LogP contribution in [-0.2, 0) is 94.8 Å². The van der Waals surface area contributed by atoms with Crippen molar-refractivity contribution in [2.75, 3.05) is 0 Å². The van der Waals surface area contributed by atoms with Gasteiger partial charge in [-0.25, -0.2) is 0 Å². The third-order valence-electron chi connectivity index (χ3n) is 16.3. The standard InChI is InChI=1S/2C19H14NO.2C18H12NO.C11H18O2.2C5H8O2.4Ir/c1-14-6-4-8-16(12-14)19(21)17-9-5-7-15(13-17)18-10-2-3-11-20-18;1-14-10-11-20-18(12-14)16-8-5-9-17(13-16)19(21)15-6-3-2-4-7-15;2*20-18(14-7-2-1-3-8-14)16-10-6-9-15(13-16)17-11-4-5-12-19-17;1-8(12)11(9(2)13)10-6-4-3-5-7-10;2*1-4(6)3-5(2)7;;;;/h2-6,8-13H,1H3;2-7,9-13H,1H3;2*1-8,10-13H;10,12H,3-7H2,1-2H3;2*3,6H,1-2H3;;;;/q4*-1;;;;;;;. The van der Waals surface area contributed by atoms with Crippen LogP contribution in [0.4, 0.5) is 0 Å². The van der Waals surface area contributed by atoms with E-state index in [0.717, 1.165) is 69.0 Å². The van der Waals surface area contributed by atoms with E-state index in [9.17, 15) is 38.7 Å². The van der Waals surface area contributed by atoms with Crippen LogP contribution in [-0.4, -0.2) is 75.7 Å². The molecule has 586 valence electrons. The van der Waals surface area contributed by atoms with Crippen LogP contribution in [0.2, 0.25) is 0 Å². The second-order valence-electron chi connectivity index (χ2n) is 25.3. The second-order valence-corrected chi connectivity index (χ2v) is 25.3. The molecular formula is C95H86Ir4N4O10-4. The second kappa shape index (κ2) is 51.7. The van der Waals surface area contributed by atoms with Crippen LogP contribution >= 0.6 is 0 Å². The normalized spacial score (nSPS) is 11.3. The maximum Gasteiger partial charge on any atom is 0.174 e. The first-order chi connectivity index (χ1) is 52.5. The average molecular weight is 2210 g/mol. The van der Waals surface area contributed by atoms with Crippen molar-refractivity contribution in [1.29, 1.82) is 0 Å². The van der Waals surface area contributed by atoms with Gasteiger partial charge in [-0.05, 0) is 127 Å². The minimum absolute atomic E-state index is 0. The summed E-state index contributed by atoms with van der Waals surface area (Å²) in [5, 5.41) is 26.1. The molecule has 1 saturated carbocycles. The monoisotopic (exact) mass is 2210 g/mol. The fraction of sp³-hybridized carbons (Fsp3) is 0.147. The van der Waals surface area contributed by atoms with E-state index in [4.69, 9.17) is 10.2 Å². The molecule has 0 spiro atoms. The molecule has 1 fully saturated rings. The summed E-state index contributed by atoms with van der Waals surface area (Å²) in [4.78, 5) is 98.3. The smallest absolute Gasteiger partial charge is 0.174 e. The number of carbonyl (C=O) groups is 7. The summed E-state index contributed by atoms with van der Waals surface area (Å²) in [5.41, 5.74) is 14.8. The van der Waals surface area contributed by atoms with Crippen molar-refractivity contribution in [3.05, 3.63) is 394 Å². The Morgan fingerprint density at radius 1 is 0.327 bits per heavy atom. The zero-order chi connectivity index (χ0) is 78.5. The largest absolute Gasteiger partial charge is 0.512 e. The predicted molar refractivity (Wildman–Crippen MR) is 430 cm³/mol. The number of rotatable bonds is 16. The van der Waals surface area contributed by atoms with E-state index < -0.39 is 0 Å². The first-order valence-corrected chi connectivity index (χ1v) is 35.4. The Kier molecular flexibility index (Phi) is 44.2. The minimum Gasteiger partial charge on any atom is -0.512 e. The van der Waals surface area contributed by atoms with Crippen molar-refractivity contribution in [1.82, 2.24) is 19.9 Å². The average Bonchev–Trinajstić information content (AvgIpc) is 0.848. The number of aliphatic hydroxyl groups excluding tert-OH is 3. The molecule has 0 unspecified atom stereocenters. The molecule has 4 heterocycles. The van der Waals surface area contributed by atoms with Gasteiger partial charge in [0.25, 0.3) is 0 Å². The molecule has 0 aliphatic heterocycles. The summed E-state index contributed by atoms with van der Waals surface area (Å²) >= 11 is 0. The van der Waals surface area contributed by atoms with Gasteiger partial charge in [0.1, 0.15) is 0 Å². The number of nitrogens with zero attached hydrogens (tertiary/aromatic N) is 4. The molecule has 18 heteroatoms. The number of Topliss-reactive ketones (excluding diaryl/α,β-unsaturated/α-hetero) is 1. The molecule has 12 aromatic rings. The fourth-order valence-electron chi connectivity index (χ4n) is 11.3. The van der Waals surface area contributed by atoms with Crippen LogP contribution in [0.25, 0.3) is 45.0 Å². The number of ketones is 7. The van der Waals surface area contributed by atoms with E-state index in [-0.39, 0.29) is 138 Å². The molecule has 0 bridgehead atoms. The first kappa shape index (κ1) is 96.5. The third-order valence-corrected chi connectivity index (χ3v) is 16.3. The van der Waals surface area contributed by atoms with Crippen molar-refractivity contribution in [3.8, 4) is 45.0 Å². The fourth-order valence-corrected chi connectivity index (χ4v) is 11.3. The van der Waals surface area contributed by atoms with Crippen molar-refractivity contribution in [3.63, 3.8) is 0 Å². The van der Waals surface area contributed by atoms with Gasteiger partial charge in [0.05, 0.1) is 17.3 Å². The summed E-state index contributed by atoms with van der Waals surface area (Å²) in [6, 6.07) is 90.5. The van der Waals surface area contributed by atoms with E-state index in [0.29, 0.717) is 56.0 Å². The molecule has 4 aromatic heterocycles. The first-order valence-electron chi connectivity index (χ1n) is 35.4. The van der Waals surface area contributed by atoms with E-state index in [2.05, 4.69) is 44.2 Å². The maximum atomic E-state index is 12.5. The maximum absolute atomic E-state index is 12.5. The molecule has 14 nitrogen and oxygen atoms in total. The van der Waals surface area contributed by atoms with Gasteiger partial charge in [0, 0.05) is 145 Å². The van der Waals surface area contributed by atoms with Crippen LogP contribution in [0, 0.1) is 44.0 Å². The summed E-state index contributed by atoms with van der Waals surface area (Å²) in [6.45, 7) is 12.9. The number of hydrogen-bond acceptors (Lipinski definition) is 14. The van der Waals surface area contributed by atoms with Gasteiger partial charge < -0.3 is 35.3 Å². The molecule has 13 rings (SSSR count). The van der Waals surface area contributed by atoms with Gasteiger partial charge in [-0.1, -0.05) is 204 Å². The Bertz CT molecular complexity index is 4930. The Labute approximate surface area is 716 Å². The summed E-state index contributed by atoms with van der Waals surface area (Å²) in [6.07, 6.45) is 15.1. The molecule has 1 aliphatic rings. The Balaban J connectivity index is 0.000000350. The molecule has 0 saturated heterocycles. The Morgan fingerprint density at radius 3 is 0.912 bits per heavy atom. The van der Waals surface area contributed by atoms with Gasteiger partial charge in [-0.3, -0.25) is 33.6 Å². The molecule has 1 aliphatic carbocycles. The quantitative estimate of drug-likeness (QED) is 0.0354. The predicted octanol–water partition coefficient (Wildman–Crippen LogP) is 20.8. The Morgan fingerprint density at radius 2 is 0.628 bits per heavy atom. The summed E-state index contributed by atoms with van der Waals surface area (Å²) in [7, 11) is 0.